The smallest absolute Gasteiger partial charge is 0.0547 e. The number of benzene rings is 9. The molecule has 9 aromatic carbocycles. The van der Waals surface area contributed by atoms with Gasteiger partial charge in [0, 0.05) is 44.1 Å². The summed E-state index contributed by atoms with van der Waals surface area (Å²) < 4.78 is 2.46. The van der Waals surface area contributed by atoms with E-state index in [4.69, 9.17) is 0 Å². The van der Waals surface area contributed by atoms with Gasteiger partial charge in [-0.3, -0.25) is 0 Å². The van der Waals surface area contributed by atoms with Crippen molar-refractivity contribution in [2.45, 2.75) is 38.5 Å². The highest BCUT2D eigenvalue weighted by molar-refractivity contribution is 6.11. The van der Waals surface area contributed by atoms with E-state index in [0.29, 0.717) is 0 Å². The summed E-state index contributed by atoms with van der Waals surface area (Å²) >= 11 is 0. The standard InChI is InChI=1S/C58H44N2/c1-57(2)47-23-12-8-19-42(47)46-36-40(31-33-49(46)57)59(53-28-16-25-50-56(53)45-22-9-13-24-48(45)58(50,3)4)39-30-32-41-38(35-39)29-34-54(55(41)37-17-6-5-7-18-37)60-51-26-14-10-20-43(51)44-21-11-15-27-52(44)60/h5-36H,1-4H3. The molecule has 0 radical (unpaired) electrons. The van der Waals surface area contributed by atoms with Crippen LogP contribution in [0, 0.1) is 0 Å². The maximum absolute atomic E-state index is 2.52. The fourth-order valence-electron chi connectivity index (χ4n) is 10.9. The van der Waals surface area contributed by atoms with Gasteiger partial charge in [-0.1, -0.05) is 173 Å². The van der Waals surface area contributed by atoms with E-state index in [1.54, 1.807) is 0 Å². The summed E-state index contributed by atoms with van der Waals surface area (Å²) in [5.41, 5.74) is 20.1. The van der Waals surface area contributed by atoms with Crippen LogP contribution in [0.5, 0.6) is 0 Å². The summed E-state index contributed by atoms with van der Waals surface area (Å²) in [6, 6.07) is 72.4. The molecule has 1 aromatic heterocycles. The molecule has 0 amide bonds. The van der Waals surface area contributed by atoms with Crippen molar-refractivity contribution in [1.82, 2.24) is 4.57 Å². The van der Waals surface area contributed by atoms with Crippen molar-refractivity contribution < 1.29 is 0 Å². The van der Waals surface area contributed by atoms with E-state index < -0.39 is 0 Å². The zero-order valence-electron chi connectivity index (χ0n) is 34.4. The van der Waals surface area contributed by atoms with E-state index in [9.17, 15) is 0 Å². The van der Waals surface area contributed by atoms with Crippen molar-refractivity contribution in [1.29, 1.82) is 0 Å². The molecule has 0 atom stereocenters. The van der Waals surface area contributed by atoms with Crippen molar-refractivity contribution in [3.63, 3.8) is 0 Å². The Labute approximate surface area is 351 Å². The Hall–Kier alpha value is -7.16. The minimum atomic E-state index is -0.119. The van der Waals surface area contributed by atoms with Crippen LogP contribution in [0.4, 0.5) is 17.1 Å². The second kappa shape index (κ2) is 12.7. The lowest BCUT2D eigenvalue weighted by atomic mass is 9.82. The molecule has 0 bridgehead atoms. The third-order valence-electron chi connectivity index (χ3n) is 13.8. The van der Waals surface area contributed by atoms with Crippen LogP contribution in [0.3, 0.4) is 0 Å². The summed E-state index contributed by atoms with van der Waals surface area (Å²) in [7, 11) is 0. The van der Waals surface area contributed by atoms with Gasteiger partial charge in [-0.25, -0.2) is 0 Å². The maximum Gasteiger partial charge on any atom is 0.0547 e. The fourth-order valence-corrected chi connectivity index (χ4v) is 10.9. The average molecular weight is 769 g/mol. The molecule has 0 aliphatic heterocycles. The van der Waals surface area contributed by atoms with Gasteiger partial charge in [0.15, 0.2) is 0 Å². The SMILES string of the molecule is CC1(C)c2ccccc2-c2cc(N(c3ccc4c(-c5ccccc5)c(-n5c6ccccc6c6ccccc65)ccc4c3)c3cccc4c3-c3ccccc3C4(C)C)ccc21. The zero-order valence-corrected chi connectivity index (χ0v) is 34.4. The molecule has 0 fully saturated rings. The van der Waals surface area contributed by atoms with Crippen LogP contribution in [-0.2, 0) is 10.8 Å². The molecule has 1 heterocycles. The first-order chi connectivity index (χ1) is 29.3. The first-order valence-corrected chi connectivity index (χ1v) is 21.2. The summed E-state index contributed by atoms with van der Waals surface area (Å²) in [5.74, 6) is 0. The normalized spacial score (nSPS) is 14.3. The van der Waals surface area contributed by atoms with E-state index in [-0.39, 0.29) is 10.8 Å². The summed E-state index contributed by atoms with van der Waals surface area (Å²) in [6.07, 6.45) is 0. The van der Waals surface area contributed by atoms with Crippen LogP contribution < -0.4 is 4.90 Å². The number of nitrogens with zero attached hydrogens (tertiary/aromatic N) is 2. The van der Waals surface area contributed by atoms with Crippen LogP contribution >= 0.6 is 0 Å². The molecule has 60 heavy (non-hydrogen) atoms. The topological polar surface area (TPSA) is 8.17 Å². The number of para-hydroxylation sites is 2. The lowest BCUT2D eigenvalue weighted by molar-refractivity contribution is 0.660. The minimum Gasteiger partial charge on any atom is -0.310 e. The van der Waals surface area contributed by atoms with Crippen molar-refractivity contribution >= 4 is 49.6 Å². The molecular formula is C58H44N2. The van der Waals surface area contributed by atoms with E-state index in [2.05, 4.69) is 231 Å². The molecule has 0 saturated heterocycles. The highest BCUT2D eigenvalue weighted by Gasteiger charge is 2.39. The van der Waals surface area contributed by atoms with Crippen molar-refractivity contribution in [3.8, 4) is 39.1 Å². The van der Waals surface area contributed by atoms with Gasteiger partial charge in [-0.15, -0.1) is 0 Å². The fraction of sp³-hybridized carbons (Fsp3) is 0.103. The Balaban J connectivity index is 1.12. The van der Waals surface area contributed by atoms with Gasteiger partial charge in [0.2, 0.25) is 0 Å². The van der Waals surface area contributed by atoms with Crippen LogP contribution in [0.1, 0.15) is 49.9 Å². The third kappa shape index (κ3) is 4.82. The van der Waals surface area contributed by atoms with Crippen LogP contribution in [0.15, 0.2) is 194 Å². The third-order valence-corrected chi connectivity index (χ3v) is 13.8. The van der Waals surface area contributed by atoms with Crippen LogP contribution in [0.25, 0.3) is 71.6 Å². The highest BCUT2D eigenvalue weighted by Crippen LogP contribution is 2.56. The number of fused-ring (bicyclic) bond motifs is 10. The number of hydrogen-bond donors (Lipinski definition) is 0. The van der Waals surface area contributed by atoms with Gasteiger partial charge >= 0.3 is 0 Å². The Bertz CT molecular complexity index is 3330. The second-order valence-electron chi connectivity index (χ2n) is 17.7. The Kier molecular flexibility index (Phi) is 7.36. The maximum atomic E-state index is 2.52. The number of hydrogen-bond acceptors (Lipinski definition) is 1. The highest BCUT2D eigenvalue weighted by atomic mass is 15.1. The zero-order chi connectivity index (χ0) is 40.3. The number of rotatable bonds is 5. The number of aromatic nitrogens is 1. The van der Waals surface area contributed by atoms with Crippen molar-refractivity contribution in [3.05, 3.63) is 216 Å². The van der Waals surface area contributed by atoms with E-state index in [0.717, 1.165) is 11.4 Å². The molecule has 2 aliphatic carbocycles. The molecule has 286 valence electrons. The van der Waals surface area contributed by atoms with E-state index in [1.807, 2.05) is 0 Å². The molecule has 0 saturated carbocycles. The van der Waals surface area contributed by atoms with E-state index >= 15 is 0 Å². The largest absolute Gasteiger partial charge is 0.310 e. The molecule has 2 aliphatic rings. The molecular weight excluding hydrogens is 725 g/mol. The molecule has 2 nitrogen and oxygen atoms in total. The average Bonchev–Trinajstić information content (AvgIpc) is 3.83. The predicted octanol–water partition coefficient (Wildman–Crippen LogP) is 15.7. The van der Waals surface area contributed by atoms with Crippen molar-refractivity contribution in [2.24, 2.45) is 0 Å². The van der Waals surface area contributed by atoms with E-state index in [1.165, 1.54) is 99.6 Å². The Morgan fingerprint density at radius 1 is 0.383 bits per heavy atom. The predicted molar refractivity (Wildman–Crippen MR) is 254 cm³/mol. The Morgan fingerprint density at radius 2 is 0.950 bits per heavy atom. The van der Waals surface area contributed by atoms with Crippen LogP contribution in [-0.4, -0.2) is 4.57 Å². The Morgan fingerprint density at radius 3 is 1.70 bits per heavy atom. The minimum absolute atomic E-state index is 0.0723. The molecule has 10 aromatic rings. The van der Waals surface area contributed by atoms with Gasteiger partial charge in [0.05, 0.1) is 22.4 Å². The second-order valence-corrected chi connectivity index (χ2v) is 17.7. The van der Waals surface area contributed by atoms with Gasteiger partial charge in [-0.2, -0.15) is 0 Å². The molecule has 0 spiro atoms. The summed E-state index contributed by atoms with van der Waals surface area (Å²) in [4.78, 5) is 2.52. The first kappa shape index (κ1) is 34.8. The number of anilines is 3. The summed E-state index contributed by atoms with van der Waals surface area (Å²) in [6.45, 7) is 9.46. The first-order valence-electron chi connectivity index (χ1n) is 21.2. The van der Waals surface area contributed by atoms with Gasteiger partial charge in [-0.05, 0) is 104 Å². The van der Waals surface area contributed by atoms with Crippen LogP contribution in [0.2, 0.25) is 0 Å². The summed E-state index contributed by atoms with van der Waals surface area (Å²) in [5, 5.41) is 4.94. The lowest BCUT2D eigenvalue weighted by Crippen LogP contribution is -2.16. The monoisotopic (exact) mass is 768 g/mol. The molecule has 0 N–H and O–H groups in total. The van der Waals surface area contributed by atoms with Gasteiger partial charge < -0.3 is 9.47 Å². The lowest BCUT2D eigenvalue weighted by Gasteiger charge is -2.30. The quantitative estimate of drug-likeness (QED) is 0.169. The molecule has 12 rings (SSSR count). The van der Waals surface area contributed by atoms with Gasteiger partial charge in [0.25, 0.3) is 0 Å². The van der Waals surface area contributed by atoms with Crippen molar-refractivity contribution in [2.75, 3.05) is 4.90 Å². The molecule has 2 heteroatoms. The molecule has 0 unspecified atom stereocenters. The van der Waals surface area contributed by atoms with Gasteiger partial charge in [0.1, 0.15) is 0 Å².